The summed E-state index contributed by atoms with van der Waals surface area (Å²) in [5.74, 6) is 2.23. The van der Waals surface area contributed by atoms with Crippen LogP contribution in [0.4, 0.5) is 0 Å². The number of rotatable bonds is 6. The monoisotopic (exact) mass is 388 g/mol. The predicted molar refractivity (Wildman–Crippen MR) is 115 cm³/mol. The summed E-state index contributed by atoms with van der Waals surface area (Å²) in [6.07, 6.45) is 7.19. The molecule has 0 spiro atoms. The number of benzene rings is 1. The molecule has 4 rings (SSSR count). The smallest absolute Gasteiger partial charge is 0.127 e. The average Bonchev–Trinajstić information content (AvgIpc) is 2.80. The largest absolute Gasteiger partial charge is 0.497 e. The van der Waals surface area contributed by atoms with E-state index in [2.05, 4.69) is 52.1 Å². The summed E-state index contributed by atoms with van der Waals surface area (Å²) in [7, 11) is 1.69. The van der Waals surface area contributed by atoms with Crippen molar-refractivity contribution in [3.05, 3.63) is 71.9 Å². The van der Waals surface area contributed by atoms with Gasteiger partial charge in [-0.05, 0) is 55.8 Å². The van der Waals surface area contributed by atoms with Crippen LogP contribution in [0.25, 0.3) is 11.3 Å². The van der Waals surface area contributed by atoms with Crippen LogP contribution in [0.1, 0.15) is 42.8 Å². The molecule has 1 aromatic carbocycles. The molecule has 1 atom stereocenters. The maximum Gasteiger partial charge on any atom is 0.127 e. The fourth-order valence-corrected chi connectivity index (χ4v) is 3.95. The fourth-order valence-electron chi connectivity index (χ4n) is 3.95. The summed E-state index contributed by atoms with van der Waals surface area (Å²) < 4.78 is 5.26. The maximum atomic E-state index is 5.26. The molecular formula is C24H28N4O. The number of hydrogen-bond acceptors (Lipinski definition) is 5. The molecular weight excluding hydrogens is 360 g/mol. The molecule has 5 heteroatoms. The molecule has 1 aliphatic rings. The molecule has 0 unspecified atom stereocenters. The second-order valence-corrected chi connectivity index (χ2v) is 7.61. The van der Waals surface area contributed by atoms with Crippen LogP contribution in [0.5, 0.6) is 5.75 Å². The van der Waals surface area contributed by atoms with Gasteiger partial charge in [0.05, 0.1) is 12.8 Å². The molecule has 3 aromatic rings. The van der Waals surface area contributed by atoms with E-state index in [0.717, 1.165) is 48.9 Å². The SMILES string of the molecule is CCc1ncc(CN2CCC[C@@H](c3cccc(-c4ccc(OC)cc4)n3)C2)cn1. The van der Waals surface area contributed by atoms with Crippen molar-refractivity contribution in [2.24, 2.45) is 0 Å². The highest BCUT2D eigenvalue weighted by Crippen LogP contribution is 2.29. The number of likely N-dealkylation sites (tertiary alicyclic amines) is 1. The van der Waals surface area contributed by atoms with E-state index in [9.17, 15) is 0 Å². The zero-order valence-electron chi connectivity index (χ0n) is 17.2. The van der Waals surface area contributed by atoms with Gasteiger partial charge in [0, 0.05) is 54.6 Å². The molecule has 1 saturated heterocycles. The van der Waals surface area contributed by atoms with Gasteiger partial charge >= 0.3 is 0 Å². The van der Waals surface area contributed by atoms with E-state index in [4.69, 9.17) is 9.72 Å². The van der Waals surface area contributed by atoms with Crippen LogP contribution < -0.4 is 4.74 Å². The van der Waals surface area contributed by atoms with Gasteiger partial charge in [-0.2, -0.15) is 0 Å². The summed E-state index contributed by atoms with van der Waals surface area (Å²) in [5.41, 5.74) is 4.50. The summed E-state index contributed by atoms with van der Waals surface area (Å²) in [4.78, 5) is 16.4. The van der Waals surface area contributed by atoms with Crippen molar-refractivity contribution >= 4 is 0 Å². The summed E-state index contributed by atoms with van der Waals surface area (Å²) >= 11 is 0. The number of aryl methyl sites for hydroxylation is 1. The molecule has 5 nitrogen and oxygen atoms in total. The van der Waals surface area contributed by atoms with Crippen LogP contribution in [0.3, 0.4) is 0 Å². The van der Waals surface area contributed by atoms with Gasteiger partial charge in [0.2, 0.25) is 0 Å². The lowest BCUT2D eigenvalue weighted by molar-refractivity contribution is 0.198. The number of hydrogen-bond donors (Lipinski definition) is 0. The van der Waals surface area contributed by atoms with Crippen LogP contribution >= 0.6 is 0 Å². The fraction of sp³-hybridized carbons (Fsp3) is 0.375. The molecule has 0 amide bonds. The number of pyridine rings is 1. The lowest BCUT2D eigenvalue weighted by Gasteiger charge is -2.32. The van der Waals surface area contributed by atoms with Gasteiger partial charge in [0.15, 0.2) is 0 Å². The van der Waals surface area contributed by atoms with Crippen LogP contribution in [0.2, 0.25) is 0 Å². The zero-order valence-corrected chi connectivity index (χ0v) is 17.2. The Balaban J connectivity index is 1.46. The first-order valence-electron chi connectivity index (χ1n) is 10.4. The molecule has 0 aliphatic carbocycles. The molecule has 150 valence electrons. The lowest BCUT2D eigenvalue weighted by atomic mass is 9.93. The third kappa shape index (κ3) is 4.80. The highest BCUT2D eigenvalue weighted by atomic mass is 16.5. The number of piperidine rings is 1. The van der Waals surface area contributed by atoms with Gasteiger partial charge in [0.1, 0.15) is 11.6 Å². The van der Waals surface area contributed by atoms with Gasteiger partial charge in [-0.15, -0.1) is 0 Å². The highest BCUT2D eigenvalue weighted by Gasteiger charge is 2.23. The first-order valence-corrected chi connectivity index (χ1v) is 10.4. The Labute approximate surface area is 172 Å². The van der Waals surface area contributed by atoms with Crippen molar-refractivity contribution in [1.82, 2.24) is 19.9 Å². The van der Waals surface area contributed by atoms with Gasteiger partial charge < -0.3 is 4.74 Å². The minimum Gasteiger partial charge on any atom is -0.497 e. The van der Waals surface area contributed by atoms with E-state index in [-0.39, 0.29) is 0 Å². The van der Waals surface area contributed by atoms with Crippen LogP contribution in [0, 0.1) is 0 Å². The van der Waals surface area contributed by atoms with Crippen molar-refractivity contribution in [1.29, 1.82) is 0 Å². The first-order chi connectivity index (χ1) is 14.2. The van der Waals surface area contributed by atoms with Gasteiger partial charge in [-0.3, -0.25) is 9.88 Å². The molecule has 1 fully saturated rings. The number of ether oxygens (including phenoxy) is 1. The predicted octanol–water partition coefficient (Wildman–Crippen LogP) is 4.49. The Morgan fingerprint density at radius 2 is 1.86 bits per heavy atom. The van der Waals surface area contributed by atoms with Gasteiger partial charge in [0.25, 0.3) is 0 Å². The van der Waals surface area contributed by atoms with E-state index in [1.165, 1.54) is 24.1 Å². The van der Waals surface area contributed by atoms with Crippen molar-refractivity contribution < 1.29 is 4.74 Å². The lowest BCUT2D eigenvalue weighted by Crippen LogP contribution is -2.34. The summed E-state index contributed by atoms with van der Waals surface area (Å²) in [6.45, 7) is 5.12. The third-order valence-corrected chi connectivity index (χ3v) is 5.56. The molecule has 3 heterocycles. The van der Waals surface area contributed by atoms with Crippen molar-refractivity contribution in [2.45, 2.75) is 38.6 Å². The second-order valence-electron chi connectivity index (χ2n) is 7.61. The average molecular weight is 389 g/mol. The molecule has 0 N–H and O–H groups in total. The van der Waals surface area contributed by atoms with Crippen LogP contribution in [-0.4, -0.2) is 40.1 Å². The van der Waals surface area contributed by atoms with E-state index in [1.807, 2.05) is 24.5 Å². The molecule has 0 bridgehead atoms. The summed E-state index contributed by atoms with van der Waals surface area (Å²) in [5, 5.41) is 0. The number of aromatic nitrogens is 3. The van der Waals surface area contributed by atoms with Crippen molar-refractivity contribution in [3.8, 4) is 17.0 Å². The van der Waals surface area contributed by atoms with Crippen LogP contribution in [0.15, 0.2) is 54.9 Å². The molecule has 0 radical (unpaired) electrons. The van der Waals surface area contributed by atoms with E-state index < -0.39 is 0 Å². The normalized spacial score (nSPS) is 17.2. The Morgan fingerprint density at radius 1 is 1.07 bits per heavy atom. The minimum atomic E-state index is 0.456. The van der Waals surface area contributed by atoms with Crippen molar-refractivity contribution in [2.75, 3.05) is 20.2 Å². The molecule has 1 aliphatic heterocycles. The van der Waals surface area contributed by atoms with E-state index in [0.29, 0.717) is 5.92 Å². The Morgan fingerprint density at radius 3 is 2.59 bits per heavy atom. The zero-order chi connectivity index (χ0) is 20.1. The van der Waals surface area contributed by atoms with Gasteiger partial charge in [-0.1, -0.05) is 13.0 Å². The van der Waals surface area contributed by atoms with Crippen LogP contribution in [-0.2, 0) is 13.0 Å². The second kappa shape index (κ2) is 9.14. The Bertz CT molecular complexity index is 924. The summed E-state index contributed by atoms with van der Waals surface area (Å²) in [6, 6.07) is 14.5. The Kier molecular flexibility index (Phi) is 6.15. The molecule has 29 heavy (non-hydrogen) atoms. The number of methoxy groups -OCH3 is 1. The third-order valence-electron chi connectivity index (χ3n) is 5.56. The Hall–Kier alpha value is -2.79. The standard InChI is InChI=1S/C24H28N4O/c1-3-24-25-14-18(15-26-24)16-28-13-5-6-20(17-28)23-8-4-7-22(27-23)19-9-11-21(29-2)12-10-19/h4,7-12,14-15,20H,3,5-6,13,16-17H2,1-2H3/t20-/m1/s1. The molecule has 0 saturated carbocycles. The number of nitrogens with zero attached hydrogens (tertiary/aromatic N) is 4. The first kappa shape index (κ1) is 19.5. The van der Waals surface area contributed by atoms with E-state index in [1.54, 1.807) is 7.11 Å². The topological polar surface area (TPSA) is 51.1 Å². The van der Waals surface area contributed by atoms with Gasteiger partial charge in [-0.25, -0.2) is 9.97 Å². The van der Waals surface area contributed by atoms with Crippen molar-refractivity contribution in [3.63, 3.8) is 0 Å². The minimum absolute atomic E-state index is 0.456. The highest BCUT2D eigenvalue weighted by molar-refractivity contribution is 5.60. The molecule has 2 aromatic heterocycles. The maximum absolute atomic E-state index is 5.26. The quantitative estimate of drug-likeness (QED) is 0.623. The van der Waals surface area contributed by atoms with E-state index >= 15 is 0 Å².